The van der Waals surface area contributed by atoms with Crippen LogP contribution in [0.2, 0.25) is 0 Å². The van der Waals surface area contributed by atoms with Crippen LogP contribution in [0.5, 0.6) is 0 Å². The second-order valence-corrected chi connectivity index (χ2v) is 4.65. The SMILES string of the molecule is Nc1ncnc2c1ncn2CCS(=O)(=O)[O-]. The summed E-state index contributed by atoms with van der Waals surface area (Å²) in [5.74, 6) is -0.295. The summed E-state index contributed by atoms with van der Waals surface area (Å²) in [5.41, 5.74) is 6.35. The third-order valence-electron chi connectivity index (χ3n) is 2.01. The lowest BCUT2D eigenvalue weighted by molar-refractivity contribution is 0.459. The molecule has 0 fully saturated rings. The van der Waals surface area contributed by atoms with Crippen LogP contribution in [0.3, 0.4) is 0 Å². The van der Waals surface area contributed by atoms with Crippen molar-refractivity contribution >= 4 is 27.1 Å². The average Bonchev–Trinajstić information content (AvgIpc) is 2.58. The Kier molecular flexibility index (Phi) is 2.48. The van der Waals surface area contributed by atoms with Crippen molar-refractivity contribution in [1.29, 1.82) is 0 Å². The van der Waals surface area contributed by atoms with Crippen molar-refractivity contribution in [2.24, 2.45) is 0 Å². The Hall–Kier alpha value is -1.74. The minimum Gasteiger partial charge on any atom is -0.748 e. The maximum absolute atomic E-state index is 10.5. The highest BCUT2D eigenvalue weighted by atomic mass is 32.2. The number of anilines is 1. The average molecular weight is 242 g/mol. The third-order valence-corrected chi connectivity index (χ3v) is 2.69. The summed E-state index contributed by atoms with van der Waals surface area (Å²) in [6, 6.07) is 0. The molecule has 0 aliphatic rings. The van der Waals surface area contributed by atoms with Crippen LogP contribution in [-0.2, 0) is 16.7 Å². The van der Waals surface area contributed by atoms with Gasteiger partial charge in [-0.1, -0.05) is 0 Å². The molecule has 0 saturated heterocycles. The molecule has 0 radical (unpaired) electrons. The molecule has 0 bridgehead atoms. The van der Waals surface area contributed by atoms with Gasteiger partial charge in [0.05, 0.1) is 22.2 Å². The number of hydrogen-bond acceptors (Lipinski definition) is 7. The molecule has 0 aromatic carbocycles. The first-order valence-corrected chi connectivity index (χ1v) is 5.90. The number of rotatable bonds is 3. The third kappa shape index (κ3) is 2.09. The van der Waals surface area contributed by atoms with Crippen molar-refractivity contribution in [1.82, 2.24) is 19.5 Å². The van der Waals surface area contributed by atoms with E-state index in [1.807, 2.05) is 0 Å². The maximum Gasteiger partial charge on any atom is 0.165 e. The number of nitrogens with two attached hydrogens (primary N) is 1. The summed E-state index contributed by atoms with van der Waals surface area (Å²) >= 11 is 0. The molecular formula is C7H8N5O3S-. The number of nitrogen functional groups attached to an aromatic ring is 1. The van der Waals surface area contributed by atoms with E-state index >= 15 is 0 Å². The Labute approximate surface area is 90.9 Å². The van der Waals surface area contributed by atoms with Gasteiger partial charge >= 0.3 is 0 Å². The lowest BCUT2D eigenvalue weighted by Crippen LogP contribution is -2.11. The Morgan fingerprint density at radius 3 is 2.81 bits per heavy atom. The quantitative estimate of drug-likeness (QED) is 0.680. The molecular weight excluding hydrogens is 234 g/mol. The van der Waals surface area contributed by atoms with Crippen LogP contribution in [0, 0.1) is 0 Å². The zero-order valence-corrected chi connectivity index (χ0v) is 8.88. The monoisotopic (exact) mass is 242 g/mol. The van der Waals surface area contributed by atoms with Gasteiger partial charge in [-0.05, 0) is 0 Å². The van der Waals surface area contributed by atoms with Crippen molar-refractivity contribution in [3.63, 3.8) is 0 Å². The summed E-state index contributed by atoms with van der Waals surface area (Å²) in [6.45, 7) is -0.00120. The van der Waals surface area contributed by atoms with E-state index in [0.717, 1.165) is 0 Å². The number of nitrogens with zero attached hydrogens (tertiary/aromatic N) is 4. The van der Waals surface area contributed by atoms with Crippen LogP contribution in [0.25, 0.3) is 11.2 Å². The van der Waals surface area contributed by atoms with Crippen molar-refractivity contribution in [3.05, 3.63) is 12.7 Å². The Balaban J connectivity index is 2.36. The van der Waals surface area contributed by atoms with Crippen LogP contribution in [0.1, 0.15) is 0 Å². The molecule has 16 heavy (non-hydrogen) atoms. The minimum atomic E-state index is -4.25. The van der Waals surface area contributed by atoms with Gasteiger partial charge in [-0.2, -0.15) is 0 Å². The molecule has 0 atom stereocenters. The van der Waals surface area contributed by atoms with E-state index in [1.165, 1.54) is 17.2 Å². The van der Waals surface area contributed by atoms with Gasteiger partial charge in [0.15, 0.2) is 11.5 Å². The first-order chi connectivity index (χ1) is 7.47. The van der Waals surface area contributed by atoms with Gasteiger partial charge in [-0.25, -0.2) is 23.4 Å². The normalized spacial score (nSPS) is 12.1. The second kappa shape index (κ2) is 3.68. The van der Waals surface area contributed by atoms with Crippen molar-refractivity contribution in [2.75, 3.05) is 11.5 Å². The Morgan fingerprint density at radius 2 is 2.12 bits per heavy atom. The van der Waals surface area contributed by atoms with Crippen molar-refractivity contribution < 1.29 is 13.0 Å². The molecule has 0 unspecified atom stereocenters. The van der Waals surface area contributed by atoms with Crippen LogP contribution >= 0.6 is 0 Å². The lowest BCUT2D eigenvalue weighted by atomic mass is 10.5. The van der Waals surface area contributed by atoms with E-state index in [1.54, 1.807) is 0 Å². The fourth-order valence-corrected chi connectivity index (χ4v) is 1.69. The van der Waals surface area contributed by atoms with Gasteiger partial charge < -0.3 is 14.9 Å². The van der Waals surface area contributed by atoms with Gasteiger partial charge in [0.1, 0.15) is 11.8 Å². The predicted molar refractivity (Wildman–Crippen MR) is 54.3 cm³/mol. The summed E-state index contributed by atoms with van der Waals surface area (Å²) < 4.78 is 32.9. The zero-order valence-electron chi connectivity index (χ0n) is 8.07. The summed E-state index contributed by atoms with van der Waals surface area (Å²) in [5, 5.41) is 0. The zero-order chi connectivity index (χ0) is 11.8. The maximum atomic E-state index is 10.5. The number of aryl methyl sites for hydroxylation is 1. The van der Waals surface area contributed by atoms with Gasteiger partial charge in [0.25, 0.3) is 0 Å². The molecule has 0 aliphatic heterocycles. The molecule has 2 N–H and O–H groups in total. The van der Waals surface area contributed by atoms with Gasteiger partial charge in [-0.3, -0.25) is 0 Å². The van der Waals surface area contributed by atoms with E-state index in [9.17, 15) is 13.0 Å². The molecule has 8 nitrogen and oxygen atoms in total. The van der Waals surface area contributed by atoms with Crippen LogP contribution in [-0.4, -0.2) is 38.2 Å². The summed E-state index contributed by atoms with van der Waals surface area (Å²) in [4.78, 5) is 11.6. The van der Waals surface area contributed by atoms with Gasteiger partial charge in [0.2, 0.25) is 0 Å². The van der Waals surface area contributed by atoms with Crippen molar-refractivity contribution in [3.8, 4) is 0 Å². The molecule has 9 heteroatoms. The summed E-state index contributed by atoms with van der Waals surface area (Å²) in [7, 11) is -4.25. The Morgan fingerprint density at radius 1 is 1.38 bits per heavy atom. The molecule has 86 valence electrons. The first kappa shape index (κ1) is 10.8. The smallest absolute Gasteiger partial charge is 0.165 e. The molecule has 2 aromatic rings. The van der Waals surface area contributed by atoms with Crippen LogP contribution in [0.4, 0.5) is 5.82 Å². The molecule has 2 rings (SSSR count). The van der Waals surface area contributed by atoms with E-state index in [2.05, 4.69) is 15.0 Å². The van der Waals surface area contributed by atoms with Crippen molar-refractivity contribution in [2.45, 2.75) is 6.54 Å². The minimum absolute atomic E-state index is 0.00120. The molecule has 0 aliphatic carbocycles. The number of imidazole rings is 1. The highest BCUT2D eigenvalue weighted by Crippen LogP contribution is 2.13. The number of aromatic nitrogens is 4. The second-order valence-electron chi connectivity index (χ2n) is 3.13. The highest BCUT2D eigenvalue weighted by molar-refractivity contribution is 7.85. The number of fused-ring (bicyclic) bond motifs is 1. The standard InChI is InChI=1S/C7H9N5O3S/c8-6-5-7(10-3-9-6)12(4-11-5)1-2-16(13,14)15/h3-4H,1-2H2,(H2,8,9,10)(H,13,14,15)/p-1. The summed E-state index contributed by atoms with van der Waals surface area (Å²) in [6.07, 6.45) is 2.63. The van der Waals surface area contributed by atoms with E-state index in [-0.39, 0.29) is 12.4 Å². The molecule has 0 spiro atoms. The predicted octanol–water partition coefficient (Wildman–Crippen LogP) is -1.05. The topological polar surface area (TPSA) is 127 Å². The number of hydrogen-bond donors (Lipinski definition) is 1. The highest BCUT2D eigenvalue weighted by Gasteiger charge is 2.08. The lowest BCUT2D eigenvalue weighted by Gasteiger charge is -2.07. The molecule has 0 amide bonds. The molecule has 2 aromatic heterocycles. The van der Waals surface area contributed by atoms with Crippen LogP contribution in [0.15, 0.2) is 12.7 Å². The molecule has 2 heterocycles. The van der Waals surface area contributed by atoms with Gasteiger partial charge in [-0.15, -0.1) is 0 Å². The Bertz CT molecular complexity index is 620. The van der Waals surface area contributed by atoms with Gasteiger partial charge in [0, 0.05) is 6.54 Å². The molecule has 0 saturated carbocycles. The largest absolute Gasteiger partial charge is 0.748 e. The van der Waals surface area contributed by atoms with E-state index in [4.69, 9.17) is 5.73 Å². The fraction of sp³-hybridized carbons (Fsp3) is 0.286. The van der Waals surface area contributed by atoms with Crippen LogP contribution < -0.4 is 5.73 Å². The van der Waals surface area contributed by atoms with E-state index in [0.29, 0.717) is 11.2 Å². The first-order valence-electron chi connectivity index (χ1n) is 4.32. The van der Waals surface area contributed by atoms with E-state index < -0.39 is 15.9 Å². The fourth-order valence-electron chi connectivity index (χ4n) is 1.27.